The average Bonchev–Trinajstić information content (AvgIpc) is 3.13. The molecule has 0 unspecified atom stereocenters. The molecule has 2 atom stereocenters. The number of nitrogens with zero attached hydrogens (tertiary/aromatic N) is 2. The van der Waals surface area contributed by atoms with Crippen molar-refractivity contribution in [2.75, 3.05) is 13.2 Å². The van der Waals surface area contributed by atoms with E-state index in [9.17, 15) is 28.4 Å². The van der Waals surface area contributed by atoms with Crippen molar-refractivity contribution in [3.05, 3.63) is 34.4 Å². The Kier molecular flexibility index (Phi) is 8.96. The quantitative estimate of drug-likeness (QED) is 0.299. The maximum Gasteiger partial charge on any atom is 0.407 e. The number of nitro benzene ring substituents is 1. The molecule has 12 heteroatoms. The first-order chi connectivity index (χ1) is 14.9. The number of non-ortho nitro benzene ring substituents is 1. The Labute approximate surface area is 187 Å². The summed E-state index contributed by atoms with van der Waals surface area (Å²) in [5.41, 5.74) is -0.766. The van der Waals surface area contributed by atoms with Crippen LogP contribution in [0.3, 0.4) is 0 Å². The molecule has 0 aromatic heterocycles. The van der Waals surface area contributed by atoms with Crippen LogP contribution in [0.1, 0.15) is 52.9 Å². The summed E-state index contributed by atoms with van der Waals surface area (Å²) in [6.07, 6.45) is 2.39. The number of sulfonamides is 1. The summed E-state index contributed by atoms with van der Waals surface area (Å²) in [5.74, 6) is 0. The summed E-state index contributed by atoms with van der Waals surface area (Å²) in [5, 5.41) is 23.1. The lowest BCUT2D eigenvalue weighted by atomic mass is 10.1. The summed E-state index contributed by atoms with van der Waals surface area (Å²) in [6, 6.07) is 3.79. The van der Waals surface area contributed by atoms with Gasteiger partial charge in [0, 0.05) is 18.7 Å². The fourth-order valence-electron chi connectivity index (χ4n) is 3.25. The number of nitrogens with one attached hydrogen (secondary N) is 1. The molecule has 0 spiro atoms. The zero-order valence-corrected chi connectivity index (χ0v) is 19.3. The fourth-order valence-corrected chi connectivity index (χ4v) is 4.72. The highest BCUT2D eigenvalue weighted by molar-refractivity contribution is 7.89. The number of nitro groups is 1. The number of carbonyl (C=O) groups excluding carboxylic acids is 1. The lowest BCUT2D eigenvalue weighted by molar-refractivity contribution is -0.384. The molecular formula is C20H31N3O8S. The van der Waals surface area contributed by atoms with Crippen molar-refractivity contribution in [2.24, 2.45) is 0 Å². The van der Waals surface area contributed by atoms with Gasteiger partial charge in [0.25, 0.3) is 15.7 Å². The molecule has 1 saturated heterocycles. The van der Waals surface area contributed by atoms with E-state index in [0.717, 1.165) is 48.0 Å². The SMILES string of the molecule is CC(C)(C)OC(=O)NCCCCC[C@@H]1C[C@H](CO)N(S(=O)(=O)c2ccc([N+](=O)[O-])cc2)O1. The number of ether oxygens (including phenoxy) is 1. The third-order valence-electron chi connectivity index (χ3n) is 4.75. The minimum Gasteiger partial charge on any atom is -0.444 e. The normalized spacial score (nSPS) is 19.6. The molecule has 1 amide bonds. The zero-order valence-electron chi connectivity index (χ0n) is 18.5. The topological polar surface area (TPSA) is 148 Å². The predicted molar refractivity (Wildman–Crippen MR) is 115 cm³/mol. The van der Waals surface area contributed by atoms with E-state index >= 15 is 0 Å². The second-order valence-electron chi connectivity index (χ2n) is 8.59. The van der Waals surface area contributed by atoms with Gasteiger partial charge in [0.05, 0.1) is 28.6 Å². The van der Waals surface area contributed by atoms with E-state index in [-0.39, 0.29) is 16.7 Å². The molecule has 0 bridgehead atoms. The number of unbranched alkanes of at least 4 members (excludes halogenated alkanes) is 2. The number of aliphatic hydroxyl groups is 1. The van der Waals surface area contributed by atoms with Crippen LogP contribution >= 0.6 is 0 Å². The number of amides is 1. The molecule has 1 aromatic carbocycles. The Morgan fingerprint density at radius 1 is 1.28 bits per heavy atom. The van der Waals surface area contributed by atoms with Crippen molar-refractivity contribution in [3.8, 4) is 0 Å². The number of aliphatic hydroxyl groups excluding tert-OH is 1. The summed E-state index contributed by atoms with van der Waals surface area (Å²) < 4.78 is 31.7. The van der Waals surface area contributed by atoms with Crippen molar-refractivity contribution in [3.63, 3.8) is 0 Å². The van der Waals surface area contributed by atoms with Gasteiger partial charge >= 0.3 is 6.09 Å². The van der Waals surface area contributed by atoms with Gasteiger partial charge in [0.2, 0.25) is 0 Å². The maximum atomic E-state index is 12.9. The number of alkyl carbamates (subject to hydrolysis) is 1. The summed E-state index contributed by atoms with van der Waals surface area (Å²) in [7, 11) is -4.07. The van der Waals surface area contributed by atoms with Gasteiger partial charge in [-0.3, -0.25) is 15.0 Å². The summed E-state index contributed by atoms with van der Waals surface area (Å²) >= 11 is 0. The number of hydroxylamine groups is 1. The van der Waals surface area contributed by atoms with Crippen LogP contribution in [-0.2, 0) is 19.6 Å². The fraction of sp³-hybridized carbons (Fsp3) is 0.650. The highest BCUT2D eigenvalue weighted by Crippen LogP contribution is 2.31. The van der Waals surface area contributed by atoms with Crippen LogP contribution in [0.15, 0.2) is 29.2 Å². The van der Waals surface area contributed by atoms with Crippen LogP contribution in [0.25, 0.3) is 0 Å². The molecule has 180 valence electrons. The minimum absolute atomic E-state index is 0.143. The Morgan fingerprint density at radius 3 is 2.50 bits per heavy atom. The minimum atomic E-state index is -4.07. The van der Waals surface area contributed by atoms with Crippen molar-refractivity contribution in [2.45, 2.75) is 75.5 Å². The first kappa shape index (κ1) is 26.0. The van der Waals surface area contributed by atoms with Gasteiger partial charge in [-0.15, -0.1) is 0 Å². The Balaban J connectivity index is 1.82. The second kappa shape index (κ2) is 11.0. The molecule has 0 saturated carbocycles. The van der Waals surface area contributed by atoms with E-state index in [0.29, 0.717) is 19.4 Å². The number of carbonyl (C=O) groups is 1. The van der Waals surface area contributed by atoms with Crippen LogP contribution in [0, 0.1) is 10.1 Å². The number of benzene rings is 1. The van der Waals surface area contributed by atoms with Crippen molar-refractivity contribution in [1.29, 1.82) is 0 Å². The van der Waals surface area contributed by atoms with E-state index < -0.39 is 39.3 Å². The van der Waals surface area contributed by atoms with Crippen LogP contribution in [0.5, 0.6) is 0 Å². The monoisotopic (exact) mass is 473 g/mol. The summed E-state index contributed by atoms with van der Waals surface area (Å²) in [4.78, 5) is 27.2. The van der Waals surface area contributed by atoms with Gasteiger partial charge in [0.1, 0.15) is 5.60 Å². The molecule has 1 aliphatic heterocycles. The molecule has 0 radical (unpaired) electrons. The molecule has 1 aromatic rings. The van der Waals surface area contributed by atoms with Crippen LogP contribution in [0.4, 0.5) is 10.5 Å². The molecule has 32 heavy (non-hydrogen) atoms. The predicted octanol–water partition coefficient (Wildman–Crippen LogP) is 2.74. The van der Waals surface area contributed by atoms with E-state index in [1.807, 2.05) is 0 Å². The second-order valence-corrected chi connectivity index (χ2v) is 10.4. The van der Waals surface area contributed by atoms with E-state index in [4.69, 9.17) is 9.57 Å². The molecular weight excluding hydrogens is 442 g/mol. The van der Waals surface area contributed by atoms with E-state index in [2.05, 4.69) is 5.32 Å². The lowest BCUT2D eigenvalue weighted by Gasteiger charge is -2.21. The summed E-state index contributed by atoms with van der Waals surface area (Å²) in [6.45, 7) is 5.44. The molecule has 2 N–H and O–H groups in total. The van der Waals surface area contributed by atoms with Gasteiger partial charge in [-0.05, 0) is 52.2 Å². The molecule has 1 fully saturated rings. The number of hydrogen-bond donors (Lipinski definition) is 2. The molecule has 1 aliphatic rings. The zero-order chi connectivity index (χ0) is 23.9. The third kappa shape index (κ3) is 7.40. The van der Waals surface area contributed by atoms with Gasteiger partial charge in [-0.25, -0.2) is 13.2 Å². The number of hydrogen-bond acceptors (Lipinski definition) is 8. The van der Waals surface area contributed by atoms with Gasteiger partial charge in [0.15, 0.2) is 0 Å². The Morgan fingerprint density at radius 2 is 1.94 bits per heavy atom. The van der Waals surface area contributed by atoms with Crippen molar-refractivity contribution >= 4 is 21.8 Å². The molecule has 11 nitrogen and oxygen atoms in total. The highest BCUT2D eigenvalue weighted by Gasteiger charge is 2.41. The first-order valence-corrected chi connectivity index (χ1v) is 11.9. The lowest BCUT2D eigenvalue weighted by Crippen LogP contribution is -2.36. The van der Waals surface area contributed by atoms with Gasteiger partial charge < -0.3 is 15.2 Å². The standard InChI is InChI=1S/C20H31N3O8S/c1-20(2,3)30-19(25)21-12-6-4-5-7-17-13-16(14-24)23(31-17)32(28,29)18-10-8-15(9-11-18)22(26)27/h8-11,16-17,24H,4-7,12-14H2,1-3H3,(H,21,25)/t16-,17-/m1/s1. The van der Waals surface area contributed by atoms with Crippen LogP contribution in [0.2, 0.25) is 0 Å². The van der Waals surface area contributed by atoms with Crippen LogP contribution in [-0.4, -0.2) is 59.9 Å². The third-order valence-corrected chi connectivity index (χ3v) is 6.48. The first-order valence-electron chi connectivity index (χ1n) is 10.5. The van der Waals surface area contributed by atoms with Crippen molar-refractivity contribution < 1.29 is 32.8 Å². The van der Waals surface area contributed by atoms with Gasteiger partial charge in [-0.1, -0.05) is 17.3 Å². The van der Waals surface area contributed by atoms with E-state index in [1.165, 1.54) is 0 Å². The highest BCUT2D eigenvalue weighted by atomic mass is 32.2. The van der Waals surface area contributed by atoms with Gasteiger partial charge in [-0.2, -0.15) is 0 Å². The molecule has 2 rings (SSSR count). The Hall–Kier alpha value is -2.28. The number of rotatable bonds is 10. The smallest absolute Gasteiger partial charge is 0.407 e. The Bertz CT molecular complexity index is 883. The van der Waals surface area contributed by atoms with E-state index in [1.54, 1.807) is 20.8 Å². The average molecular weight is 474 g/mol. The molecule has 1 heterocycles. The van der Waals surface area contributed by atoms with Crippen molar-refractivity contribution in [1.82, 2.24) is 9.79 Å². The molecule has 0 aliphatic carbocycles. The van der Waals surface area contributed by atoms with Crippen LogP contribution < -0.4 is 5.32 Å². The largest absolute Gasteiger partial charge is 0.444 e. The maximum absolute atomic E-state index is 12.9.